The van der Waals surface area contributed by atoms with Crippen molar-refractivity contribution >= 4 is 29.6 Å². The van der Waals surface area contributed by atoms with E-state index in [4.69, 9.17) is 19.9 Å². The minimum Gasteiger partial charge on any atom is -0.497 e. The van der Waals surface area contributed by atoms with Gasteiger partial charge in [-0.15, -0.1) is 0 Å². The highest BCUT2D eigenvalue weighted by Crippen LogP contribution is 2.31. The Labute approximate surface area is 211 Å². The zero-order valence-corrected chi connectivity index (χ0v) is 21.8. The van der Waals surface area contributed by atoms with Crippen LogP contribution in [0.25, 0.3) is 5.70 Å². The van der Waals surface area contributed by atoms with Crippen LogP contribution in [0, 0.1) is 0 Å². The fourth-order valence-electron chi connectivity index (χ4n) is 4.05. The second-order valence-corrected chi connectivity index (χ2v) is 10.9. The molecule has 2 N–H and O–H groups in total. The molecule has 10 heteroatoms. The van der Waals surface area contributed by atoms with Gasteiger partial charge in [0.25, 0.3) is 5.91 Å². The van der Waals surface area contributed by atoms with E-state index in [1.54, 1.807) is 59.7 Å². The van der Waals surface area contributed by atoms with Crippen molar-refractivity contribution in [1.82, 2.24) is 9.80 Å². The molecule has 1 unspecified atom stereocenters. The molecule has 1 aromatic carbocycles. The zero-order chi connectivity index (χ0) is 26.8. The van der Waals surface area contributed by atoms with Crippen molar-refractivity contribution in [2.45, 2.75) is 78.2 Å². The number of nitrogens with zero attached hydrogens (tertiary/aromatic N) is 2. The number of benzene rings is 1. The van der Waals surface area contributed by atoms with Gasteiger partial charge in [0.15, 0.2) is 0 Å². The number of carbonyl (C=O) groups excluding carboxylic acids is 4. The third kappa shape index (κ3) is 6.56. The molecule has 2 aliphatic heterocycles. The Morgan fingerprint density at radius 2 is 1.75 bits per heavy atom. The van der Waals surface area contributed by atoms with E-state index in [-0.39, 0.29) is 25.3 Å². The molecular formula is C26H35N3O7. The molecule has 2 aliphatic rings. The van der Waals surface area contributed by atoms with Crippen LogP contribution in [0.15, 0.2) is 24.5 Å². The summed E-state index contributed by atoms with van der Waals surface area (Å²) in [7, 11) is 0. The maximum absolute atomic E-state index is 13.1. The number of ether oxygens (including phenoxy) is 3. The van der Waals surface area contributed by atoms with Crippen molar-refractivity contribution in [3.05, 3.63) is 41.2 Å². The molecule has 2 heterocycles. The Bertz CT molecular complexity index is 1080. The van der Waals surface area contributed by atoms with Crippen LogP contribution in [0.2, 0.25) is 0 Å². The first-order valence-corrected chi connectivity index (χ1v) is 11.9. The highest BCUT2D eigenvalue weighted by atomic mass is 16.6. The molecule has 0 spiro atoms. The first-order chi connectivity index (χ1) is 16.7. The van der Waals surface area contributed by atoms with E-state index in [1.807, 2.05) is 0 Å². The molecule has 1 atom stereocenters. The molecule has 0 aromatic heterocycles. The molecule has 0 saturated carbocycles. The van der Waals surface area contributed by atoms with Gasteiger partial charge in [-0.1, -0.05) is 6.07 Å². The quantitative estimate of drug-likeness (QED) is 0.593. The molecule has 10 nitrogen and oxygen atoms in total. The molecule has 3 rings (SSSR count). The Morgan fingerprint density at radius 1 is 1.08 bits per heavy atom. The lowest BCUT2D eigenvalue weighted by Gasteiger charge is -2.31. The summed E-state index contributed by atoms with van der Waals surface area (Å²) < 4.78 is 16.3. The molecule has 0 fully saturated rings. The van der Waals surface area contributed by atoms with E-state index in [0.29, 0.717) is 35.5 Å². The van der Waals surface area contributed by atoms with Gasteiger partial charge in [0, 0.05) is 24.1 Å². The maximum atomic E-state index is 13.1. The summed E-state index contributed by atoms with van der Waals surface area (Å²) in [4.78, 5) is 53.1. The van der Waals surface area contributed by atoms with Crippen LogP contribution in [-0.2, 0) is 30.3 Å². The van der Waals surface area contributed by atoms with Crippen LogP contribution in [0.5, 0.6) is 0 Å². The van der Waals surface area contributed by atoms with E-state index in [1.165, 1.54) is 16.1 Å². The highest BCUT2D eigenvalue weighted by Gasteiger charge is 2.37. The second kappa shape index (κ2) is 10.2. The molecule has 3 amide bonds. The highest BCUT2D eigenvalue weighted by molar-refractivity contribution is 6.01. The molecule has 0 aliphatic carbocycles. The molecule has 196 valence electrons. The van der Waals surface area contributed by atoms with E-state index >= 15 is 0 Å². The lowest BCUT2D eigenvalue weighted by atomic mass is 10.0. The number of primary amides is 1. The number of hydrogen-bond acceptors (Lipinski definition) is 7. The standard InChI is InChI=1S/C26H35N3O7/c1-25(2,3)35-21(30)10-9-19(22(27)31)29-14-17-13-16(7-8-18(17)23(29)32)20-15-34-12-11-28(20)24(33)36-26(4,5)6/h7-8,13,15,19H,9-12,14H2,1-6H3,(H2,27,31). The summed E-state index contributed by atoms with van der Waals surface area (Å²) in [5, 5.41) is 0. The molecular weight excluding hydrogens is 466 g/mol. The van der Waals surface area contributed by atoms with Gasteiger partial charge in [0.2, 0.25) is 5.91 Å². The van der Waals surface area contributed by atoms with Crippen molar-refractivity contribution in [1.29, 1.82) is 0 Å². The number of esters is 1. The average molecular weight is 502 g/mol. The monoisotopic (exact) mass is 501 g/mol. The zero-order valence-electron chi connectivity index (χ0n) is 21.8. The average Bonchev–Trinajstić information content (AvgIpc) is 3.07. The third-order valence-corrected chi connectivity index (χ3v) is 5.51. The maximum Gasteiger partial charge on any atom is 0.415 e. The van der Waals surface area contributed by atoms with Crippen LogP contribution in [0.3, 0.4) is 0 Å². The first-order valence-electron chi connectivity index (χ1n) is 11.9. The smallest absolute Gasteiger partial charge is 0.415 e. The number of rotatable bonds is 6. The van der Waals surface area contributed by atoms with Crippen LogP contribution < -0.4 is 5.73 Å². The second-order valence-electron chi connectivity index (χ2n) is 10.9. The largest absolute Gasteiger partial charge is 0.497 e. The van der Waals surface area contributed by atoms with Crippen LogP contribution >= 0.6 is 0 Å². The van der Waals surface area contributed by atoms with Crippen LogP contribution in [0.1, 0.15) is 75.9 Å². The molecule has 36 heavy (non-hydrogen) atoms. The number of nitrogens with two attached hydrogens (primary N) is 1. The number of hydrogen-bond donors (Lipinski definition) is 1. The fourth-order valence-corrected chi connectivity index (χ4v) is 4.05. The predicted molar refractivity (Wildman–Crippen MR) is 131 cm³/mol. The Balaban J connectivity index is 1.79. The lowest BCUT2D eigenvalue weighted by molar-refractivity contribution is -0.155. The summed E-state index contributed by atoms with van der Waals surface area (Å²) in [5.74, 6) is -1.51. The van der Waals surface area contributed by atoms with Gasteiger partial charge in [0.1, 0.15) is 30.1 Å². The predicted octanol–water partition coefficient (Wildman–Crippen LogP) is 3.18. The third-order valence-electron chi connectivity index (χ3n) is 5.51. The van der Waals surface area contributed by atoms with Crippen molar-refractivity contribution in [2.75, 3.05) is 13.2 Å². The normalized spacial score (nSPS) is 16.6. The lowest BCUT2D eigenvalue weighted by Crippen LogP contribution is -2.45. The van der Waals surface area contributed by atoms with Gasteiger partial charge >= 0.3 is 12.1 Å². The SMILES string of the molecule is CC(C)(C)OC(=O)CCC(C(N)=O)N1Cc2cc(C3=COCCN3C(=O)OC(C)(C)C)ccc2C1=O. The summed E-state index contributed by atoms with van der Waals surface area (Å²) in [6.45, 7) is 11.4. The number of amides is 3. The van der Waals surface area contributed by atoms with Gasteiger partial charge in [-0.2, -0.15) is 0 Å². The van der Waals surface area contributed by atoms with Gasteiger partial charge < -0.3 is 24.8 Å². The number of fused-ring (bicyclic) bond motifs is 1. The molecule has 0 radical (unpaired) electrons. The fraction of sp³-hybridized carbons (Fsp3) is 0.538. The number of carbonyl (C=O) groups is 4. The van der Waals surface area contributed by atoms with Gasteiger partial charge in [0.05, 0.1) is 12.2 Å². The first kappa shape index (κ1) is 27.0. The van der Waals surface area contributed by atoms with E-state index < -0.39 is 35.2 Å². The molecule has 1 aromatic rings. The van der Waals surface area contributed by atoms with Gasteiger partial charge in [-0.05, 0) is 65.7 Å². The van der Waals surface area contributed by atoms with Crippen molar-refractivity contribution in [3.8, 4) is 0 Å². The molecule has 0 saturated heterocycles. The minimum atomic E-state index is -0.962. The van der Waals surface area contributed by atoms with E-state index in [2.05, 4.69) is 0 Å². The van der Waals surface area contributed by atoms with Crippen molar-refractivity contribution in [3.63, 3.8) is 0 Å². The summed E-state index contributed by atoms with van der Waals surface area (Å²) >= 11 is 0. The summed E-state index contributed by atoms with van der Waals surface area (Å²) in [5.41, 5.74) is 6.59. The van der Waals surface area contributed by atoms with Crippen molar-refractivity contribution < 1.29 is 33.4 Å². The van der Waals surface area contributed by atoms with Gasteiger partial charge in [-0.3, -0.25) is 19.3 Å². The Morgan fingerprint density at radius 3 is 2.36 bits per heavy atom. The van der Waals surface area contributed by atoms with Crippen molar-refractivity contribution in [2.24, 2.45) is 5.73 Å². The van der Waals surface area contributed by atoms with Crippen LogP contribution in [-0.4, -0.2) is 64.1 Å². The summed E-state index contributed by atoms with van der Waals surface area (Å²) in [6, 6.07) is 4.20. The Hall–Kier alpha value is -3.56. The Kier molecular flexibility index (Phi) is 7.66. The minimum absolute atomic E-state index is 0.0503. The van der Waals surface area contributed by atoms with Gasteiger partial charge in [-0.25, -0.2) is 4.79 Å². The topological polar surface area (TPSA) is 128 Å². The van der Waals surface area contributed by atoms with E-state index in [0.717, 1.165) is 0 Å². The van der Waals surface area contributed by atoms with Crippen LogP contribution in [0.4, 0.5) is 4.79 Å². The summed E-state index contributed by atoms with van der Waals surface area (Å²) in [6.07, 6.45) is 1.01. The molecule has 0 bridgehead atoms. The van der Waals surface area contributed by atoms with E-state index in [9.17, 15) is 19.2 Å².